The average molecular weight is 838 g/mol. The Labute approximate surface area is 358 Å². The fraction of sp³-hybridized carbons (Fsp3) is 0.652. The number of aliphatic hydroxyl groups is 1. The van der Waals surface area contributed by atoms with Gasteiger partial charge in [0.1, 0.15) is 24.2 Å². The second-order valence-electron chi connectivity index (χ2n) is 16.9. The topological polar surface area (TPSA) is 175 Å². The van der Waals surface area contributed by atoms with Crippen molar-refractivity contribution in [3.63, 3.8) is 0 Å². The van der Waals surface area contributed by atoms with Gasteiger partial charge in [-0.15, -0.1) is 12.3 Å². The molecule has 1 aliphatic heterocycles. The number of carbonyl (C=O) groups excluding carboxylic acids is 6. The molecule has 1 aliphatic rings. The van der Waals surface area contributed by atoms with E-state index in [4.69, 9.17) is 15.9 Å². The van der Waals surface area contributed by atoms with Gasteiger partial charge in [0.25, 0.3) is 5.91 Å². The molecule has 0 aromatic heterocycles. The lowest BCUT2D eigenvalue weighted by atomic mass is 9.91. The predicted octanol–water partition coefficient (Wildman–Crippen LogP) is 3.89. The number of nitrogens with one attached hydrogen (secondary N) is 2. The van der Waals surface area contributed by atoms with Gasteiger partial charge < -0.3 is 35.0 Å². The zero-order valence-corrected chi connectivity index (χ0v) is 37.7. The molecule has 14 heteroatoms. The molecule has 0 saturated heterocycles. The molecule has 3 N–H and O–H groups in total. The number of hydrogen-bond donors (Lipinski definition) is 3. The van der Waals surface area contributed by atoms with E-state index in [2.05, 4.69) is 16.6 Å². The Hall–Kier alpha value is -4.74. The van der Waals surface area contributed by atoms with Gasteiger partial charge >= 0.3 is 11.9 Å². The number of nitrogens with zero attached hydrogens (tertiary/aromatic N) is 3. The average Bonchev–Trinajstić information content (AvgIpc) is 3.21. The van der Waals surface area contributed by atoms with Gasteiger partial charge in [0, 0.05) is 51.0 Å². The van der Waals surface area contributed by atoms with E-state index < -0.39 is 78.1 Å². The lowest BCUT2D eigenvalue weighted by molar-refractivity contribution is -0.162. The van der Waals surface area contributed by atoms with Crippen LogP contribution in [0.25, 0.3) is 0 Å². The first kappa shape index (κ1) is 51.4. The first-order valence-electron chi connectivity index (χ1n) is 21.3. The highest BCUT2D eigenvalue weighted by Crippen LogP contribution is 2.23. The summed E-state index contributed by atoms with van der Waals surface area (Å²) in [5.41, 5.74) is 1.11. The zero-order chi connectivity index (χ0) is 45.3. The van der Waals surface area contributed by atoms with E-state index in [-0.39, 0.29) is 49.2 Å². The molecule has 334 valence electrons. The summed E-state index contributed by atoms with van der Waals surface area (Å²) in [4.78, 5) is 87.3. The number of carbonyl (C=O) groups is 6. The van der Waals surface area contributed by atoms with Crippen LogP contribution in [0.4, 0.5) is 0 Å². The molecule has 4 amide bonds. The van der Waals surface area contributed by atoms with E-state index in [1.165, 1.54) is 31.9 Å². The van der Waals surface area contributed by atoms with Crippen LogP contribution < -0.4 is 10.6 Å². The van der Waals surface area contributed by atoms with Crippen molar-refractivity contribution >= 4 is 35.6 Å². The van der Waals surface area contributed by atoms with Gasteiger partial charge in [-0.25, -0.2) is 9.59 Å². The Morgan fingerprint density at radius 3 is 2.18 bits per heavy atom. The van der Waals surface area contributed by atoms with Crippen LogP contribution in [0.3, 0.4) is 0 Å². The Balaban J connectivity index is 2.62. The highest BCUT2D eigenvalue weighted by molar-refractivity contribution is 5.93. The van der Waals surface area contributed by atoms with Crippen molar-refractivity contribution in [3.8, 4) is 12.3 Å². The number of aliphatic hydroxyl groups excluding tert-OH is 1. The van der Waals surface area contributed by atoms with Crippen molar-refractivity contribution in [1.82, 2.24) is 25.3 Å². The highest BCUT2D eigenvalue weighted by atomic mass is 16.6. The fourth-order valence-corrected chi connectivity index (χ4v) is 6.98. The van der Waals surface area contributed by atoms with Crippen LogP contribution in [0, 0.1) is 30.1 Å². The van der Waals surface area contributed by atoms with E-state index in [9.17, 15) is 33.9 Å². The molecule has 60 heavy (non-hydrogen) atoms. The number of terminal acetylenes is 1. The van der Waals surface area contributed by atoms with Crippen LogP contribution in [-0.2, 0) is 44.7 Å². The minimum absolute atomic E-state index is 0.00650. The molecule has 0 aliphatic carbocycles. The number of amides is 4. The number of rotatable bonds is 11. The van der Waals surface area contributed by atoms with Crippen LogP contribution in [0.1, 0.15) is 99.5 Å². The van der Waals surface area contributed by atoms with Gasteiger partial charge in [-0.2, -0.15) is 0 Å². The maximum atomic E-state index is 14.1. The molecule has 0 radical (unpaired) electrons. The second kappa shape index (κ2) is 25.1. The minimum Gasteiger partial charge on any atom is -0.460 e. The van der Waals surface area contributed by atoms with Gasteiger partial charge in [0.2, 0.25) is 17.7 Å². The number of ether oxygens (including phenoxy) is 2. The third-order valence-corrected chi connectivity index (χ3v) is 11.4. The first-order valence-corrected chi connectivity index (χ1v) is 21.3. The lowest BCUT2D eigenvalue weighted by Gasteiger charge is -2.35. The summed E-state index contributed by atoms with van der Waals surface area (Å²) in [6.07, 6.45) is 6.46. The Morgan fingerprint density at radius 1 is 0.933 bits per heavy atom. The molecule has 0 bridgehead atoms. The largest absolute Gasteiger partial charge is 0.460 e. The predicted molar refractivity (Wildman–Crippen MR) is 231 cm³/mol. The summed E-state index contributed by atoms with van der Waals surface area (Å²) < 4.78 is 11.8. The number of likely N-dealkylation sites (N-methyl/N-ethyl adjacent to an activating group) is 3. The molecule has 2 rings (SSSR count). The molecule has 14 nitrogen and oxygen atoms in total. The molecule has 1 aromatic carbocycles. The smallest absolute Gasteiger partial charge is 0.334 e. The van der Waals surface area contributed by atoms with Crippen LogP contribution in [0.2, 0.25) is 0 Å². The third kappa shape index (κ3) is 16.0. The summed E-state index contributed by atoms with van der Waals surface area (Å²) >= 11 is 0. The van der Waals surface area contributed by atoms with Gasteiger partial charge in [-0.3, -0.25) is 24.1 Å². The van der Waals surface area contributed by atoms with Crippen molar-refractivity contribution < 1.29 is 43.3 Å². The quantitative estimate of drug-likeness (QED) is 0.169. The van der Waals surface area contributed by atoms with Crippen LogP contribution >= 0.6 is 0 Å². The fourth-order valence-electron chi connectivity index (χ4n) is 6.98. The highest BCUT2D eigenvalue weighted by Gasteiger charge is 2.36. The molecule has 1 heterocycles. The van der Waals surface area contributed by atoms with Crippen LogP contribution in [-0.4, -0.2) is 132 Å². The number of cyclic esters (lactones) is 2. The van der Waals surface area contributed by atoms with E-state index >= 15 is 0 Å². The normalized spacial score (nSPS) is 26.7. The molecule has 0 spiro atoms. The van der Waals surface area contributed by atoms with Gasteiger partial charge in [-0.1, -0.05) is 77.4 Å². The van der Waals surface area contributed by atoms with Gasteiger partial charge in [0.05, 0.1) is 12.6 Å². The van der Waals surface area contributed by atoms with Crippen LogP contribution in [0.5, 0.6) is 0 Å². The van der Waals surface area contributed by atoms with E-state index in [0.717, 1.165) is 5.56 Å². The Kier molecular flexibility index (Phi) is 21.5. The summed E-state index contributed by atoms with van der Waals surface area (Å²) in [6, 6.07) is 6.15. The maximum absolute atomic E-state index is 14.1. The summed E-state index contributed by atoms with van der Waals surface area (Å²) in [5.74, 6) is -1.78. The van der Waals surface area contributed by atoms with E-state index in [0.29, 0.717) is 32.1 Å². The molecule has 0 fully saturated rings. The minimum atomic E-state index is -1.21. The SMILES string of the molecule is C#CCCC[C@@H](O)[C@@H](C)C1C/C=C(\C)C(=O)O[C@H](CC(C)C)C(=O)N[C@@H](C)C(=O)N(C)[C@H](Cc2ccccc2)CN(C)CC(=O)N[C@@H](C(C)CC)C(=O)N(C)[C@@H](C)C(=O)O1. The van der Waals surface area contributed by atoms with Crippen molar-refractivity contribution in [2.24, 2.45) is 17.8 Å². The Bertz CT molecular complexity index is 1660. The molecular formula is C46H71N5O9. The maximum Gasteiger partial charge on any atom is 0.334 e. The number of benzene rings is 1. The zero-order valence-electron chi connectivity index (χ0n) is 37.7. The van der Waals surface area contributed by atoms with Crippen LogP contribution in [0.15, 0.2) is 42.0 Å². The number of esters is 2. The summed E-state index contributed by atoms with van der Waals surface area (Å²) in [7, 11) is 4.88. The summed E-state index contributed by atoms with van der Waals surface area (Å²) in [5, 5.41) is 16.7. The molecular weight excluding hydrogens is 767 g/mol. The van der Waals surface area contributed by atoms with E-state index in [1.807, 2.05) is 58.0 Å². The first-order chi connectivity index (χ1) is 28.2. The second-order valence-corrected chi connectivity index (χ2v) is 16.9. The van der Waals surface area contributed by atoms with E-state index in [1.54, 1.807) is 37.7 Å². The van der Waals surface area contributed by atoms with Crippen molar-refractivity contribution in [1.29, 1.82) is 0 Å². The molecule has 9 atom stereocenters. The molecule has 0 saturated carbocycles. The summed E-state index contributed by atoms with van der Waals surface area (Å²) in [6.45, 7) is 14.0. The van der Waals surface area contributed by atoms with Crippen molar-refractivity contribution in [2.45, 2.75) is 143 Å². The lowest BCUT2D eigenvalue weighted by Crippen LogP contribution is -2.56. The van der Waals surface area contributed by atoms with Crippen molar-refractivity contribution in [2.75, 3.05) is 34.2 Å². The van der Waals surface area contributed by atoms with Gasteiger partial charge in [0.15, 0.2) is 6.10 Å². The number of unbranched alkanes of at least 4 members (excludes halogenated alkanes) is 1. The monoisotopic (exact) mass is 838 g/mol. The van der Waals surface area contributed by atoms with Crippen molar-refractivity contribution in [3.05, 3.63) is 47.5 Å². The standard InChI is InChI=1S/C46H71N5O9/c1-13-15-17-22-37(52)32(7)38-24-23-31(6)45(57)60-39(25-29(3)4)42(54)47-33(8)43(55)51(12)36(26-35-20-18-16-19-21-35)27-49(10)28-40(53)48-41(30(5)14-2)44(56)50(11)34(9)46(58)59-38/h1,16,18-21,23,29-30,32-34,36-39,41,52H,14-15,17,22,24-28H2,2-12H3,(H,47,54)(H,48,53)/b31-23+/t30?,32-,33+,34+,36-,37-,38?,39-,41+/m1/s1. The number of hydrogen-bond acceptors (Lipinski definition) is 10. The molecule has 1 aromatic rings. The Morgan fingerprint density at radius 2 is 1.58 bits per heavy atom. The molecule has 2 unspecified atom stereocenters. The van der Waals surface area contributed by atoms with Gasteiger partial charge in [-0.05, 0) is 70.9 Å². The third-order valence-electron chi connectivity index (χ3n) is 11.4.